The van der Waals surface area contributed by atoms with Crippen LogP contribution in [0.15, 0.2) is 5.16 Å². The molecule has 1 amide bonds. The molecule has 0 radical (unpaired) electrons. The van der Waals surface area contributed by atoms with E-state index in [1.165, 1.54) is 0 Å². The molecule has 0 aromatic rings. The molecule has 1 aliphatic carbocycles. The lowest BCUT2D eigenvalue weighted by atomic mass is 10.0. The Hall–Kier alpha value is -0.910. The second-order valence-corrected chi connectivity index (χ2v) is 5.88. The first-order chi connectivity index (χ1) is 8.62. The van der Waals surface area contributed by atoms with Crippen molar-refractivity contribution in [1.29, 1.82) is 0 Å². The third-order valence-corrected chi connectivity index (χ3v) is 4.53. The number of amides is 1. The normalized spacial score (nSPS) is 26.0. The second kappa shape index (κ2) is 7.51. The molecule has 18 heavy (non-hydrogen) atoms. The summed E-state index contributed by atoms with van der Waals surface area (Å²) in [6.45, 7) is 1.98. The van der Waals surface area contributed by atoms with E-state index in [9.17, 15) is 4.79 Å². The van der Waals surface area contributed by atoms with Crippen LogP contribution in [0.5, 0.6) is 0 Å². The van der Waals surface area contributed by atoms with Gasteiger partial charge in [-0.25, -0.2) is 0 Å². The molecule has 0 heterocycles. The van der Waals surface area contributed by atoms with Gasteiger partial charge in [-0.1, -0.05) is 18.5 Å². The van der Waals surface area contributed by atoms with Crippen molar-refractivity contribution in [3.05, 3.63) is 0 Å². The molecule has 1 rings (SSSR count). The minimum absolute atomic E-state index is 0.00811. The number of oxime groups is 1. The molecule has 4 N–H and O–H groups in total. The van der Waals surface area contributed by atoms with Crippen molar-refractivity contribution in [2.24, 2.45) is 16.8 Å². The zero-order valence-electron chi connectivity index (χ0n) is 11.1. The van der Waals surface area contributed by atoms with E-state index in [1.807, 2.05) is 18.7 Å². The van der Waals surface area contributed by atoms with Crippen LogP contribution in [0.2, 0.25) is 0 Å². The lowest BCUT2D eigenvalue weighted by Crippen LogP contribution is -2.43. The molecule has 104 valence electrons. The third-order valence-electron chi connectivity index (χ3n) is 3.43. The van der Waals surface area contributed by atoms with Gasteiger partial charge in [-0.05, 0) is 31.9 Å². The van der Waals surface area contributed by atoms with Crippen LogP contribution < -0.4 is 11.1 Å². The summed E-state index contributed by atoms with van der Waals surface area (Å²) in [5.74, 6) is -0.610. The smallest absolute Gasteiger partial charge is 0.231 e. The van der Waals surface area contributed by atoms with Crippen molar-refractivity contribution >= 4 is 23.5 Å². The highest BCUT2D eigenvalue weighted by molar-refractivity contribution is 7.99. The summed E-state index contributed by atoms with van der Waals surface area (Å²) < 4.78 is 0. The van der Waals surface area contributed by atoms with Crippen LogP contribution in [-0.2, 0) is 4.79 Å². The van der Waals surface area contributed by atoms with Gasteiger partial charge >= 0.3 is 0 Å². The molecule has 1 aliphatic rings. The van der Waals surface area contributed by atoms with Gasteiger partial charge < -0.3 is 16.3 Å². The summed E-state index contributed by atoms with van der Waals surface area (Å²) in [5, 5.41) is 15.3. The average molecular weight is 273 g/mol. The third kappa shape index (κ3) is 4.08. The maximum Gasteiger partial charge on any atom is 0.231 e. The lowest BCUT2D eigenvalue weighted by Gasteiger charge is -2.18. The Balaban J connectivity index is 2.52. The van der Waals surface area contributed by atoms with Gasteiger partial charge in [0.15, 0.2) is 5.84 Å². The van der Waals surface area contributed by atoms with E-state index >= 15 is 0 Å². The van der Waals surface area contributed by atoms with Gasteiger partial charge in [0.1, 0.15) is 0 Å². The minimum atomic E-state index is -0.506. The van der Waals surface area contributed by atoms with E-state index in [4.69, 9.17) is 10.9 Å². The fourth-order valence-electron chi connectivity index (χ4n) is 2.36. The van der Waals surface area contributed by atoms with Gasteiger partial charge in [0, 0.05) is 11.3 Å². The number of hydrogen-bond donors (Lipinski definition) is 3. The number of hydrogen-bond acceptors (Lipinski definition) is 4. The molecular weight excluding hydrogens is 250 g/mol. The molecule has 3 unspecified atom stereocenters. The zero-order valence-corrected chi connectivity index (χ0v) is 11.9. The number of carbonyl (C=O) groups is 1. The standard InChI is InChI=1S/C12H23N3O2S/c1-3-4-10(11(13)15-17)12(16)14-8-5-6-9(7-8)18-2/h8-10,17H,3-7H2,1-2H3,(H2,13,15)(H,14,16). The van der Waals surface area contributed by atoms with E-state index in [0.717, 1.165) is 25.7 Å². The number of nitrogens with one attached hydrogen (secondary N) is 1. The largest absolute Gasteiger partial charge is 0.409 e. The molecule has 0 spiro atoms. The fraction of sp³-hybridized carbons (Fsp3) is 0.833. The van der Waals surface area contributed by atoms with Gasteiger partial charge in [0.25, 0.3) is 0 Å². The van der Waals surface area contributed by atoms with Gasteiger partial charge in [-0.15, -0.1) is 0 Å². The van der Waals surface area contributed by atoms with E-state index in [0.29, 0.717) is 11.7 Å². The quantitative estimate of drug-likeness (QED) is 0.296. The lowest BCUT2D eigenvalue weighted by molar-refractivity contribution is -0.123. The van der Waals surface area contributed by atoms with Gasteiger partial charge in [0.05, 0.1) is 5.92 Å². The zero-order chi connectivity index (χ0) is 13.5. The summed E-state index contributed by atoms with van der Waals surface area (Å²) in [5.41, 5.74) is 5.57. The molecule has 0 saturated heterocycles. The van der Waals surface area contributed by atoms with Crippen LogP contribution in [0.3, 0.4) is 0 Å². The van der Waals surface area contributed by atoms with Crippen molar-refractivity contribution in [2.45, 2.75) is 50.3 Å². The predicted octanol–water partition coefficient (Wildman–Crippen LogP) is 1.55. The molecular formula is C12H23N3O2S. The molecule has 0 aromatic heterocycles. The van der Waals surface area contributed by atoms with E-state index < -0.39 is 5.92 Å². The Morgan fingerprint density at radius 2 is 2.33 bits per heavy atom. The molecule has 5 nitrogen and oxygen atoms in total. The van der Waals surface area contributed by atoms with Gasteiger partial charge in [-0.2, -0.15) is 11.8 Å². The molecule has 0 bridgehead atoms. The minimum Gasteiger partial charge on any atom is -0.409 e. The number of amidine groups is 1. The highest BCUT2D eigenvalue weighted by Crippen LogP contribution is 2.28. The first kappa shape index (κ1) is 15.1. The maximum atomic E-state index is 12.1. The summed E-state index contributed by atoms with van der Waals surface area (Å²) in [6.07, 6.45) is 6.72. The summed E-state index contributed by atoms with van der Waals surface area (Å²) in [6, 6.07) is 0.237. The Labute approximate surface area is 113 Å². The monoisotopic (exact) mass is 273 g/mol. The van der Waals surface area contributed by atoms with Gasteiger partial charge in [0.2, 0.25) is 5.91 Å². The second-order valence-electron chi connectivity index (χ2n) is 4.74. The van der Waals surface area contributed by atoms with E-state index in [1.54, 1.807) is 0 Å². The summed E-state index contributed by atoms with van der Waals surface area (Å²) in [7, 11) is 0. The van der Waals surface area contributed by atoms with Crippen molar-refractivity contribution in [1.82, 2.24) is 5.32 Å². The number of rotatable bonds is 6. The van der Waals surface area contributed by atoms with Crippen LogP contribution in [0, 0.1) is 5.92 Å². The number of thioether (sulfide) groups is 1. The van der Waals surface area contributed by atoms with Crippen LogP contribution in [0.1, 0.15) is 39.0 Å². The van der Waals surface area contributed by atoms with Crippen LogP contribution in [0.4, 0.5) is 0 Å². The van der Waals surface area contributed by atoms with Gasteiger partial charge in [-0.3, -0.25) is 4.79 Å². The van der Waals surface area contributed by atoms with Crippen molar-refractivity contribution in [3.63, 3.8) is 0 Å². The fourth-order valence-corrected chi connectivity index (χ4v) is 3.16. The number of carbonyl (C=O) groups excluding carboxylic acids is 1. The maximum absolute atomic E-state index is 12.1. The SMILES string of the molecule is CCCC(C(=O)NC1CCC(SC)C1)C(N)=NO. The average Bonchev–Trinajstić information content (AvgIpc) is 2.82. The highest BCUT2D eigenvalue weighted by atomic mass is 32.2. The first-order valence-electron chi connectivity index (χ1n) is 6.42. The van der Waals surface area contributed by atoms with Crippen molar-refractivity contribution in [2.75, 3.05) is 6.26 Å². The summed E-state index contributed by atoms with van der Waals surface area (Å²) >= 11 is 1.85. The Morgan fingerprint density at radius 1 is 1.61 bits per heavy atom. The van der Waals surface area contributed by atoms with Crippen LogP contribution in [-0.4, -0.2) is 34.5 Å². The van der Waals surface area contributed by atoms with Crippen molar-refractivity contribution < 1.29 is 10.0 Å². The predicted molar refractivity (Wildman–Crippen MR) is 74.9 cm³/mol. The number of nitrogens with two attached hydrogens (primary N) is 1. The Kier molecular flexibility index (Phi) is 6.32. The molecule has 6 heteroatoms. The Bertz CT molecular complexity index is 310. The van der Waals surface area contributed by atoms with Crippen LogP contribution in [0.25, 0.3) is 0 Å². The topological polar surface area (TPSA) is 87.7 Å². The summed E-state index contributed by atoms with van der Waals surface area (Å²) in [4.78, 5) is 12.1. The molecule has 1 fully saturated rings. The molecule has 0 aromatic carbocycles. The number of nitrogens with zero attached hydrogens (tertiary/aromatic N) is 1. The molecule has 1 saturated carbocycles. The van der Waals surface area contributed by atoms with Crippen LogP contribution >= 0.6 is 11.8 Å². The molecule has 0 aliphatic heterocycles. The molecule has 3 atom stereocenters. The van der Waals surface area contributed by atoms with Crippen molar-refractivity contribution in [3.8, 4) is 0 Å². The Morgan fingerprint density at radius 3 is 2.83 bits per heavy atom. The van der Waals surface area contributed by atoms with E-state index in [-0.39, 0.29) is 17.8 Å². The highest BCUT2D eigenvalue weighted by Gasteiger charge is 2.29. The van der Waals surface area contributed by atoms with E-state index in [2.05, 4.69) is 16.7 Å². The first-order valence-corrected chi connectivity index (χ1v) is 7.71.